The van der Waals surface area contributed by atoms with Gasteiger partial charge in [0.25, 0.3) is 0 Å². The summed E-state index contributed by atoms with van der Waals surface area (Å²) >= 11 is 0. The van der Waals surface area contributed by atoms with Crippen molar-refractivity contribution in [2.45, 2.75) is 52.6 Å². The lowest BCUT2D eigenvalue weighted by atomic mass is 9.69. The normalized spacial score (nSPS) is 32.2. The van der Waals surface area contributed by atoms with Crippen LogP contribution in [0.25, 0.3) is 0 Å². The molecule has 0 amide bonds. The Hall–Kier alpha value is -1.22. The average Bonchev–Trinajstić information content (AvgIpc) is 2.85. The topological polar surface area (TPSA) is 30.5 Å². The molecular weight excluding hydrogens is 274 g/mol. The zero-order valence-electron chi connectivity index (χ0n) is 14.5. The fourth-order valence-electron chi connectivity index (χ4n) is 4.72. The summed E-state index contributed by atoms with van der Waals surface area (Å²) in [7, 11) is 3.40. The smallest absolute Gasteiger partial charge is 0.122 e. The van der Waals surface area contributed by atoms with Crippen LogP contribution in [-0.4, -0.2) is 20.3 Å². The van der Waals surface area contributed by atoms with Crippen molar-refractivity contribution in [3.63, 3.8) is 0 Å². The lowest BCUT2D eigenvalue weighted by molar-refractivity contribution is 0.120. The summed E-state index contributed by atoms with van der Waals surface area (Å²) < 4.78 is 10.7. The molecule has 0 saturated heterocycles. The van der Waals surface area contributed by atoms with Gasteiger partial charge in [-0.2, -0.15) is 0 Å². The maximum atomic E-state index is 5.36. The maximum absolute atomic E-state index is 5.36. The highest BCUT2D eigenvalue weighted by molar-refractivity contribution is 5.38. The first kappa shape index (κ1) is 15.7. The first-order valence-corrected chi connectivity index (χ1v) is 8.36. The fraction of sp³-hybridized carbons (Fsp3) is 0.684. The molecule has 0 heterocycles. The molecule has 0 aromatic heterocycles. The van der Waals surface area contributed by atoms with Gasteiger partial charge in [0, 0.05) is 18.7 Å². The van der Waals surface area contributed by atoms with Gasteiger partial charge in [-0.3, -0.25) is 0 Å². The summed E-state index contributed by atoms with van der Waals surface area (Å²) in [5, 5.41) is 3.82. The van der Waals surface area contributed by atoms with Crippen LogP contribution in [0.2, 0.25) is 0 Å². The summed E-state index contributed by atoms with van der Waals surface area (Å²) in [6, 6.07) is 6.72. The van der Waals surface area contributed by atoms with Gasteiger partial charge in [-0.15, -0.1) is 0 Å². The molecule has 3 heteroatoms. The van der Waals surface area contributed by atoms with Gasteiger partial charge < -0.3 is 14.8 Å². The fourth-order valence-corrected chi connectivity index (χ4v) is 4.72. The van der Waals surface area contributed by atoms with E-state index in [1.807, 2.05) is 6.07 Å². The van der Waals surface area contributed by atoms with Gasteiger partial charge in [0.05, 0.1) is 14.2 Å². The van der Waals surface area contributed by atoms with E-state index < -0.39 is 0 Å². The third-order valence-corrected chi connectivity index (χ3v) is 6.76. The monoisotopic (exact) mass is 303 g/mol. The van der Waals surface area contributed by atoms with Crippen molar-refractivity contribution >= 4 is 0 Å². The molecule has 3 nitrogen and oxygen atoms in total. The number of hydrogen-bond acceptors (Lipinski definition) is 3. The predicted octanol–water partition coefficient (Wildman–Crippen LogP) is 4.01. The van der Waals surface area contributed by atoms with E-state index >= 15 is 0 Å². The molecule has 0 unspecified atom stereocenters. The third-order valence-electron chi connectivity index (χ3n) is 6.76. The molecule has 2 aliphatic carbocycles. The molecule has 2 fully saturated rings. The molecule has 3 atom stereocenters. The molecule has 3 rings (SSSR count). The van der Waals surface area contributed by atoms with E-state index in [1.165, 1.54) is 24.8 Å². The molecule has 0 aliphatic heterocycles. The minimum Gasteiger partial charge on any atom is -0.497 e. The SMILES string of the molecule is COc1cc(CN[C@H]2C[C@@H]3CC[C@@]2(C)C3(C)C)cc(OC)c1. The van der Waals surface area contributed by atoms with Crippen LogP contribution >= 0.6 is 0 Å². The second kappa shape index (κ2) is 5.45. The molecule has 1 aromatic carbocycles. The van der Waals surface area contributed by atoms with E-state index in [0.717, 1.165) is 24.0 Å². The van der Waals surface area contributed by atoms with Gasteiger partial charge in [-0.1, -0.05) is 20.8 Å². The zero-order valence-corrected chi connectivity index (χ0v) is 14.5. The van der Waals surface area contributed by atoms with Crippen LogP contribution in [0.4, 0.5) is 0 Å². The lowest BCUT2D eigenvalue weighted by Gasteiger charge is -2.39. The summed E-state index contributed by atoms with van der Waals surface area (Å²) in [6.07, 6.45) is 4.06. The van der Waals surface area contributed by atoms with Crippen molar-refractivity contribution in [2.24, 2.45) is 16.7 Å². The minimum atomic E-state index is 0.417. The lowest BCUT2D eigenvalue weighted by Crippen LogP contribution is -2.44. The maximum Gasteiger partial charge on any atom is 0.122 e. The first-order chi connectivity index (χ1) is 10.4. The molecule has 0 radical (unpaired) electrons. The van der Waals surface area contributed by atoms with Crippen LogP contribution in [0.5, 0.6) is 11.5 Å². The number of nitrogens with one attached hydrogen (secondary N) is 1. The Morgan fingerprint density at radius 1 is 1.09 bits per heavy atom. The molecular formula is C19H29NO2. The molecule has 2 aliphatic rings. The Morgan fingerprint density at radius 2 is 1.73 bits per heavy atom. The van der Waals surface area contributed by atoms with Crippen molar-refractivity contribution in [3.8, 4) is 11.5 Å². The van der Waals surface area contributed by atoms with Crippen LogP contribution in [0.3, 0.4) is 0 Å². The van der Waals surface area contributed by atoms with Crippen LogP contribution in [-0.2, 0) is 6.54 Å². The van der Waals surface area contributed by atoms with Gasteiger partial charge in [-0.05, 0) is 53.7 Å². The van der Waals surface area contributed by atoms with Crippen LogP contribution < -0.4 is 14.8 Å². The number of benzene rings is 1. The third kappa shape index (κ3) is 2.30. The second-order valence-electron chi connectivity index (χ2n) is 7.76. The Bertz CT molecular complexity index is 532. The summed E-state index contributed by atoms with van der Waals surface area (Å²) in [4.78, 5) is 0. The van der Waals surface area contributed by atoms with E-state index in [0.29, 0.717) is 16.9 Å². The summed E-state index contributed by atoms with van der Waals surface area (Å²) in [5.74, 6) is 2.58. The Morgan fingerprint density at radius 3 is 2.18 bits per heavy atom. The standard InChI is InChI=1S/C19H29NO2/c1-18(2)14-6-7-19(18,3)17(10-14)20-12-13-8-15(21-4)11-16(9-13)22-5/h8-9,11,14,17,20H,6-7,10,12H2,1-5H3/t14-,17-,19+/m0/s1. The van der Waals surface area contributed by atoms with E-state index in [2.05, 4.69) is 38.2 Å². The zero-order chi connectivity index (χ0) is 16.0. The molecule has 122 valence electrons. The van der Waals surface area contributed by atoms with Crippen LogP contribution in [0, 0.1) is 16.7 Å². The van der Waals surface area contributed by atoms with Crippen LogP contribution in [0.15, 0.2) is 18.2 Å². The van der Waals surface area contributed by atoms with Gasteiger partial charge in [0.2, 0.25) is 0 Å². The number of methoxy groups -OCH3 is 2. The highest BCUT2D eigenvalue weighted by atomic mass is 16.5. The summed E-state index contributed by atoms with van der Waals surface area (Å²) in [5.41, 5.74) is 2.09. The van der Waals surface area contributed by atoms with Crippen molar-refractivity contribution in [1.29, 1.82) is 0 Å². The minimum absolute atomic E-state index is 0.417. The number of hydrogen-bond donors (Lipinski definition) is 1. The molecule has 2 saturated carbocycles. The summed E-state index contributed by atoms with van der Waals surface area (Å²) in [6.45, 7) is 8.27. The van der Waals surface area contributed by atoms with Crippen molar-refractivity contribution < 1.29 is 9.47 Å². The number of ether oxygens (including phenoxy) is 2. The van der Waals surface area contributed by atoms with Gasteiger partial charge >= 0.3 is 0 Å². The van der Waals surface area contributed by atoms with E-state index in [1.54, 1.807) is 14.2 Å². The highest BCUT2D eigenvalue weighted by Gasteiger charge is 2.60. The molecule has 22 heavy (non-hydrogen) atoms. The number of rotatable bonds is 5. The van der Waals surface area contributed by atoms with Gasteiger partial charge in [0.15, 0.2) is 0 Å². The second-order valence-corrected chi connectivity index (χ2v) is 7.76. The van der Waals surface area contributed by atoms with E-state index in [4.69, 9.17) is 9.47 Å². The van der Waals surface area contributed by atoms with Crippen molar-refractivity contribution in [1.82, 2.24) is 5.32 Å². The molecule has 0 spiro atoms. The number of fused-ring (bicyclic) bond motifs is 2. The van der Waals surface area contributed by atoms with E-state index in [9.17, 15) is 0 Å². The van der Waals surface area contributed by atoms with Crippen molar-refractivity contribution in [2.75, 3.05) is 14.2 Å². The predicted molar refractivity (Wildman–Crippen MR) is 89.4 cm³/mol. The Labute approximate surface area is 134 Å². The highest BCUT2D eigenvalue weighted by Crippen LogP contribution is 2.65. The Balaban J connectivity index is 1.71. The van der Waals surface area contributed by atoms with Gasteiger partial charge in [0.1, 0.15) is 11.5 Å². The van der Waals surface area contributed by atoms with Gasteiger partial charge in [-0.25, -0.2) is 0 Å². The first-order valence-electron chi connectivity index (χ1n) is 8.36. The largest absolute Gasteiger partial charge is 0.497 e. The Kier molecular flexibility index (Phi) is 3.88. The molecule has 1 N–H and O–H groups in total. The van der Waals surface area contributed by atoms with Crippen LogP contribution in [0.1, 0.15) is 45.6 Å². The van der Waals surface area contributed by atoms with E-state index in [-0.39, 0.29) is 0 Å². The average molecular weight is 303 g/mol. The quantitative estimate of drug-likeness (QED) is 0.891. The molecule has 1 aromatic rings. The molecule has 2 bridgehead atoms. The van der Waals surface area contributed by atoms with Crippen molar-refractivity contribution in [3.05, 3.63) is 23.8 Å².